The molecule has 2 N–H and O–H groups in total. The van der Waals surface area contributed by atoms with E-state index in [2.05, 4.69) is 5.32 Å². The van der Waals surface area contributed by atoms with Gasteiger partial charge in [-0.15, -0.1) is 0 Å². The number of hydrogen-bond acceptors (Lipinski definition) is 5. The number of carbonyl (C=O) groups is 3. The van der Waals surface area contributed by atoms with Crippen LogP contribution in [0.5, 0.6) is 0 Å². The average molecular weight is 451 g/mol. The van der Waals surface area contributed by atoms with E-state index in [0.717, 1.165) is 13.1 Å². The van der Waals surface area contributed by atoms with Crippen LogP contribution in [0.2, 0.25) is 0 Å². The van der Waals surface area contributed by atoms with E-state index >= 15 is 0 Å². The lowest BCUT2D eigenvalue weighted by atomic mass is 10.2. The minimum Gasteiger partial charge on any atom is -0.475 e. The Morgan fingerprint density at radius 3 is 2.32 bits per heavy atom. The van der Waals surface area contributed by atoms with E-state index in [4.69, 9.17) is 14.6 Å². The van der Waals surface area contributed by atoms with E-state index in [9.17, 15) is 27.2 Å². The van der Waals surface area contributed by atoms with Gasteiger partial charge in [0.2, 0.25) is 5.91 Å². The lowest BCUT2D eigenvalue weighted by Crippen LogP contribution is -2.47. The standard InChI is InChI=1S/C17H24FN3O3.C2HF3O2/c1-24-12-11-21(17(23)14-3-2-4-15(18)13-14)8-5-16(22)20-9-6-19-7-10-20;3-2(4,5)1(6)7/h2-4,13,19H,5-12H2,1H3;(H,6,7). The summed E-state index contributed by atoms with van der Waals surface area (Å²) in [5, 5.41) is 10.3. The minimum atomic E-state index is -5.08. The first-order valence-electron chi connectivity index (χ1n) is 9.38. The van der Waals surface area contributed by atoms with Crippen molar-refractivity contribution in [3.8, 4) is 0 Å². The molecule has 174 valence electrons. The number of alkyl halides is 3. The summed E-state index contributed by atoms with van der Waals surface area (Å²) in [7, 11) is 1.55. The zero-order chi connectivity index (χ0) is 23.4. The van der Waals surface area contributed by atoms with E-state index in [0.29, 0.717) is 32.8 Å². The van der Waals surface area contributed by atoms with Crippen LogP contribution >= 0.6 is 0 Å². The van der Waals surface area contributed by atoms with Crippen LogP contribution < -0.4 is 5.32 Å². The maximum atomic E-state index is 13.3. The average Bonchev–Trinajstić information content (AvgIpc) is 2.73. The molecule has 0 unspecified atom stereocenters. The normalized spacial score (nSPS) is 13.8. The van der Waals surface area contributed by atoms with E-state index in [1.165, 1.54) is 18.2 Å². The van der Waals surface area contributed by atoms with Gasteiger partial charge in [-0.25, -0.2) is 9.18 Å². The highest BCUT2D eigenvalue weighted by Gasteiger charge is 2.38. The minimum absolute atomic E-state index is 0.0333. The quantitative estimate of drug-likeness (QED) is 0.608. The summed E-state index contributed by atoms with van der Waals surface area (Å²) in [6.45, 7) is 3.98. The number of halogens is 4. The molecule has 12 heteroatoms. The van der Waals surface area contributed by atoms with Crippen molar-refractivity contribution in [2.75, 3.05) is 53.0 Å². The maximum Gasteiger partial charge on any atom is 0.490 e. The first-order valence-corrected chi connectivity index (χ1v) is 9.38. The van der Waals surface area contributed by atoms with Crippen LogP contribution in [-0.4, -0.2) is 91.9 Å². The Morgan fingerprint density at radius 2 is 1.81 bits per heavy atom. The van der Waals surface area contributed by atoms with Crippen molar-refractivity contribution in [1.29, 1.82) is 0 Å². The fourth-order valence-corrected chi connectivity index (χ4v) is 2.62. The zero-order valence-electron chi connectivity index (χ0n) is 17.0. The highest BCUT2D eigenvalue weighted by molar-refractivity contribution is 5.94. The largest absolute Gasteiger partial charge is 0.490 e. The third kappa shape index (κ3) is 9.75. The van der Waals surface area contributed by atoms with Gasteiger partial charge in [0.15, 0.2) is 0 Å². The van der Waals surface area contributed by atoms with Crippen LogP contribution in [-0.2, 0) is 14.3 Å². The van der Waals surface area contributed by atoms with Crippen molar-refractivity contribution in [1.82, 2.24) is 15.1 Å². The molecule has 0 atom stereocenters. The molecule has 2 rings (SSSR count). The van der Waals surface area contributed by atoms with Crippen LogP contribution in [0.1, 0.15) is 16.8 Å². The summed E-state index contributed by atoms with van der Waals surface area (Å²) in [6.07, 6.45) is -4.83. The molecule has 0 spiro atoms. The summed E-state index contributed by atoms with van der Waals surface area (Å²) < 4.78 is 50.1. The molecule has 0 aliphatic carbocycles. The summed E-state index contributed by atoms with van der Waals surface area (Å²) in [4.78, 5) is 37.1. The second-order valence-corrected chi connectivity index (χ2v) is 6.48. The predicted molar refractivity (Wildman–Crippen MR) is 102 cm³/mol. The van der Waals surface area contributed by atoms with Crippen LogP contribution in [0.3, 0.4) is 0 Å². The number of amides is 2. The number of methoxy groups -OCH3 is 1. The first kappa shape index (κ1) is 26.3. The number of carbonyl (C=O) groups excluding carboxylic acids is 2. The monoisotopic (exact) mass is 451 g/mol. The number of ether oxygens (including phenoxy) is 1. The van der Waals surface area contributed by atoms with Crippen molar-refractivity contribution in [3.05, 3.63) is 35.6 Å². The smallest absolute Gasteiger partial charge is 0.475 e. The van der Waals surface area contributed by atoms with Gasteiger partial charge in [0.05, 0.1) is 6.61 Å². The number of nitrogens with zero attached hydrogens (tertiary/aromatic N) is 2. The number of hydrogen-bond donors (Lipinski definition) is 2. The molecule has 1 aliphatic rings. The summed E-state index contributed by atoms with van der Waals surface area (Å²) >= 11 is 0. The SMILES string of the molecule is COCCN(CCC(=O)N1CCNCC1)C(=O)c1cccc(F)c1.O=C(O)C(F)(F)F. The highest BCUT2D eigenvalue weighted by atomic mass is 19.4. The fraction of sp³-hybridized carbons (Fsp3) is 0.526. The Bertz CT molecular complexity index is 739. The Kier molecular flexibility index (Phi) is 10.9. The van der Waals surface area contributed by atoms with Crippen molar-refractivity contribution in [2.45, 2.75) is 12.6 Å². The molecule has 1 saturated heterocycles. The van der Waals surface area contributed by atoms with E-state index in [-0.39, 0.29) is 23.8 Å². The molecule has 2 amide bonds. The Morgan fingerprint density at radius 1 is 1.19 bits per heavy atom. The molecular weight excluding hydrogens is 426 g/mol. The first-order chi connectivity index (χ1) is 14.6. The number of nitrogens with one attached hydrogen (secondary N) is 1. The second-order valence-electron chi connectivity index (χ2n) is 6.48. The number of carboxylic acids is 1. The van der Waals surface area contributed by atoms with Crippen molar-refractivity contribution < 1.29 is 41.8 Å². The summed E-state index contributed by atoms with van der Waals surface area (Å²) in [5.74, 6) is -3.47. The van der Waals surface area contributed by atoms with Crippen LogP contribution in [0, 0.1) is 5.82 Å². The summed E-state index contributed by atoms with van der Waals surface area (Å²) in [6, 6.07) is 5.58. The van der Waals surface area contributed by atoms with E-state index < -0.39 is 18.0 Å². The number of benzene rings is 1. The van der Waals surface area contributed by atoms with E-state index in [1.54, 1.807) is 23.0 Å². The fourth-order valence-electron chi connectivity index (χ4n) is 2.62. The molecule has 1 aliphatic heterocycles. The summed E-state index contributed by atoms with van der Waals surface area (Å²) in [5.41, 5.74) is 0.278. The molecular formula is C19H25F4N3O5. The van der Waals surface area contributed by atoms with Crippen LogP contribution in [0.4, 0.5) is 17.6 Å². The molecule has 8 nitrogen and oxygen atoms in total. The topological polar surface area (TPSA) is 99.2 Å². The third-order valence-corrected chi connectivity index (χ3v) is 4.23. The third-order valence-electron chi connectivity index (χ3n) is 4.23. The van der Waals surface area contributed by atoms with Gasteiger partial charge in [-0.1, -0.05) is 6.07 Å². The molecule has 1 fully saturated rings. The Hall–Kier alpha value is -2.73. The molecule has 1 heterocycles. The van der Waals surface area contributed by atoms with E-state index in [1.807, 2.05) is 0 Å². The Labute approximate surface area is 176 Å². The molecule has 0 saturated carbocycles. The highest BCUT2D eigenvalue weighted by Crippen LogP contribution is 2.13. The molecule has 1 aromatic rings. The maximum absolute atomic E-state index is 13.3. The molecule has 31 heavy (non-hydrogen) atoms. The second kappa shape index (κ2) is 12.8. The molecule has 0 aromatic heterocycles. The van der Waals surface area contributed by atoms with Gasteiger partial charge in [-0.05, 0) is 18.2 Å². The van der Waals surface area contributed by atoms with Crippen LogP contribution in [0.15, 0.2) is 24.3 Å². The lowest BCUT2D eigenvalue weighted by Gasteiger charge is -2.29. The van der Waals surface area contributed by atoms with Gasteiger partial charge in [0, 0.05) is 58.4 Å². The number of aliphatic carboxylic acids is 1. The van der Waals surface area contributed by atoms with Gasteiger partial charge >= 0.3 is 12.1 Å². The van der Waals surface area contributed by atoms with Gasteiger partial charge < -0.3 is 25.0 Å². The van der Waals surface area contributed by atoms with Gasteiger partial charge in [0.1, 0.15) is 5.82 Å². The lowest BCUT2D eigenvalue weighted by molar-refractivity contribution is -0.192. The molecule has 1 aromatic carbocycles. The number of rotatable bonds is 7. The van der Waals surface area contributed by atoms with Gasteiger partial charge in [-0.3, -0.25) is 9.59 Å². The van der Waals surface area contributed by atoms with Crippen LogP contribution in [0.25, 0.3) is 0 Å². The van der Waals surface area contributed by atoms with Crippen molar-refractivity contribution in [2.24, 2.45) is 0 Å². The van der Waals surface area contributed by atoms with Gasteiger partial charge in [-0.2, -0.15) is 13.2 Å². The van der Waals surface area contributed by atoms with Crippen molar-refractivity contribution >= 4 is 17.8 Å². The number of piperazine rings is 1. The van der Waals surface area contributed by atoms with Crippen molar-refractivity contribution in [3.63, 3.8) is 0 Å². The predicted octanol–water partition coefficient (Wildman–Crippen LogP) is 1.37. The molecule has 0 bridgehead atoms. The number of carboxylic acid groups (broad SMARTS) is 1. The molecule has 0 radical (unpaired) electrons. The Balaban J connectivity index is 0.000000592. The zero-order valence-corrected chi connectivity index (χ0v) is 17.0. The van der Waals surface area contributed by atoms with Gasteiger partial charge in [0.25, 0.3) is 5.91 Å².